The zero-order chi connectivity index (χ0) is 25.0. The summed E-state index contributed by atoms with van der Waals surface area (Å²) < 4.78 is 21.6. The van der Waals surface area contributed by atoms with Gasteiger partial charge in [0.2, 0.25) is 5.91 Å². The lowest BCUT2D eigenvalue weighted by molar-refractivity contribution is -0.121. The third kappa shape index (κ3) is 7.13. The van der Waals surface area contributed by atoms with Gasteiger partial charge in [0.15, 0.2) is 23.0 Å². The van der Waals surface area contributed by atoms with Crippen molar-refractivity contribution in [3.63, 3.8) is 0 Å². The second kappa shape index (κ2) is 13.2. The van der Waals surface area contributed by atoms with Crippen LogP contribution in [-0.2, 0) is 34.9 Å². The van der Waals surface area contributed by atoms with E-state index in [4.69, 9.17) is 30.5 Å². The van der Waals surface area contributed by atoms with Gasteiger partial charge < -0.3 is 24.3 Å². The van der Waals surface area contributed by atoms with E-state index in [2.05, 4.69) is 5.32 Å². The van der Waals surface area contributed by atoms with Crippen molar-refractivity contribution in [2.45, 2.75) is 25.3 Å². The van der Waals surface area contributed by atoms with Crippen LogP contribution in [0.5, 0.6) is 23.0 Å². The first kappa shape index (κ1) is 25.9. The molecule has 0 aliphatic rings. The number of hydrogen-bond donors (Lipinski definition) is 1. The number of hydrogen-bond acceptors (Lipinski definition) is 6. The zero-order valence-electron chi connectivity index (χ0n) is 19.7. The van der Waals surface area contributed by atoms with Crippen molar-refractivity contribution >= 4 is 24.0 Å². The van der Waals surface area contributed by atoms with E-state index < -0.39 is 0 Å². The van der Waals surface area contributed by atoms with Crippen LogP contribution in [0.15, 0.2) is 60.7 Å². The van der Waals surface area contributed by atoms with E-state index in [1.165, 1.54) is 7.11 Å². The minimum absolute atomic E-state index is 0.111. The van der Waals surface area contributed by atoms with Gasteiger partial charge in [0, 0.05) is 12.1 Å². The van der Waals surface area contributed by atoms with Gasteiger partial charge in [-0.2, -0.15) is 0 Å². The molecule has 1 amide bonds. The first-order valence-electron chi connectivity index (χ1n) is 11.0. The summed E-state index contributed by atoms with van der Waals surface area (Å²) in [5.41, 5.74) is 3.39. The molecule has 0 aromatic heterocycles. The Morgan fingerprint density at radius 2 is 1.71 bits per heavy atom. The molecule has 7 nitrogen and oxygen atoms in total. The van der Waals surface area contributed by atoms with Crippen molar-refractivity contribution in [1.82, 2.24) is 5.32 Å². The normalized spacial score (nSPS) is 10.4. The summed E-state index contributed by atoms with van der Waals surface area (Å²) >= 11 is 6.08. The summed E-state index contributed by atoms with van der Waals surface area (Å²) in [6, 6.07) is 18.9. The lowest BCUT2D eigenvalue weighted by Gasteiger charge is -2.15. The number of halogens is 1. The number of ether oxygens (including phenoxy) is 4. The third-order valence-corrected chi connectivity index (χ3v) is 5.65. The van der Waals surface area contributed by atoms with E-state index in [-0.39, 0.29) is 24.0 Å². The van der Waals surface area contributed by atoms with Gasteiger partial charge in [0.05, 0.1) is 26.5 Å². The van der Waals surface area contributed by atoms with E-state index in [1.54, 1.807) is 19.2 Å². The van der Waals surface area contributed by atoms with Crippen molar-refractivity contribution in [2.75, 3.05) is 20.8 Å². The second-order valence-corrected chi connectivity index (χ2v) is 7.89. The standard InChI is InChI=1S/C27H28ClNO6/c1-32-25-14-19(8-10-23(25)34-17-20-6-4-3-5-7-20)12-13-29-26(31)15-21-9-11-24(35-18-30)27(33-2)22(21)16-28/h3-11,14,18H,12-13,15-17H2,1-2H3,(H,29,31). The fourth-order valence-corrected chi connectivity index (χ4v) is 3.92. The monoisotopic (exact) mass is 497 g/mol. The first-order valence-corrected chi connectivity index (χ1v) is 11.6. The quantitative estimate of drug-likeness (QED) is 0.277. The number of rotatable bonds is 13. The van der Waals surface area contributed by atoms with Crippen molar-refractivity contribution in [3.8, 4) is 23.0 Å². The first-order chi connectivity index (χ1) is 17.1. The molecule has 8 heteroatoms. The fourth-order valence-electron chi connectivity index (χ4n) is 3.63. The van der Waals surface area contributed by atoms with Crippen LogP contribution in [0.4, 0.5) is 0 Å². The number of methoxy groups -OCH3 is 2. The molecule has 0 saturated carbocycles. The van der Waals surface area contributed by atoms with Gasteiger partial charge in [-0.3, -0.25) is 9.59 Å². The van der Waals surface area contributed by atoms with Gasteiger partial charge in [-0.15, -0.1) is 11.6 Å². The minimum Gasteiger partial charge on any atom is -0.493 e. The number of nitrogens with one attached hydrogen (secondary N) is 1. The third-order valence-electron chi connectivity index (χ3n) is 5.39. The lowest BCUT2D eigenvalue weighted by Crippen LogP contribution is -2.27. The number of amides is 1. The summed E-state index contributed by atoms with van der Waals surface area (Å²) in [4.78, 5) is 23.3. The van der Waals surface area contributed by atoms with Crippen molar-refractivity contribution in [3.05, 3.63) is 82.9 Å². The largest absolute Gasteiger partial charge is 0.493 e. The number of alkyl halides is 1. The molecule has 3 aromatic carbocycles. The Bertz CT molecular complexity index is 1140. The Hall–Kier alpha value is -3.71. The number of carbonyl (C=O) groups excluding carboxylic acids is 2. The highest BCUT2D eigenvalue weighted by molar-refractivity contribution is 6.17. The predicted molar refractivity (Wildman–Crippen MR) is 133 cm³/mol. The Balaban J connectivity index is 1.56. The summed E-state index contributed by atoms with van der Waals surface area (Å²) in [6.07, 6.45) is 0.744. The molecule has 0 fully saturated rings. The van der Waals surface area contributed by atoms with Crippen molar-refractivity contribution in [2.24, 2.45) is 0 Å². The molecule has 0 saturated heterocycles. The molecule has 3 rings (SSSR count). The zero-order valence-corrected chi connectivity index (χ0v) is 20.5. The van der Waals surface area contributed by atoms with Crippen LogP contribution in [0, 0.1) is 0 Å². The number of benzene rings is 3. The van der Waals surface area contributed by atoms with E-state index in [9.17, 15) is 9.59 Å². The average molecular weight is 498 g/mol. The molecule has 0 radical (unpaired) electrons. The van der Waals surface area contributed by atoms with Crippen LogP contribution < -0.4 is 24.3 Å². The van der Waals surface area contributed by atoms with Crippen molar-refractivity contribution in [1.29, 1.82) is 0 Å². The van der Waals surface area contributed by atoms with Gasteiger partial charge >= 0.3 is 0 Å². The van der Waals surface area contributed by atoms with E-state index in [0.717, 1.165) is 11.1 Å². The second-order valence-electron chi connectivity index (χ2n) is 7.62. The molecule has 1 N–H and O–H groups in total. The maximum atomic E-state index is 12.6. The summed E-state index contributed by atoms with van der Waals surface area (Å²) in [5, 5.41) is 2.92. The molecule has 184 valence electrons. The Labute approximate surface area is 209 Å². The fraction of sp³-hybridized carbons (Fsp3) is 0.259. The van der Waals surface area contributed by atoms with Gasteiger partial charge in [-0.25, -0.2) is 0 Å². The minimum atomic E-state index is -0.155. The van der Waals surface area contributed by atoms with Gasteiger partial charge in [0.1, 0.15) is 6.61 Å². The van der Waals surface area contributed by atoms with Crippen LogP contribution in [-0.4, -0.2) is 33.1 Å². The Morgan fingerprint density at radius 3 is 2.40 bits per heavy atom. The maximum absolute atomic E-state index is 12.6. The molecule has 0 bridgehead atoms. The highest BCUT2D eigenvalue weighted by atomic mass is 35.5. The van der Waals surface area contributed by atoms with E-state index >= 15 is 0 Å². The molecule has 0 aliphatic carbocycles. The molecule has 3 aromatic rings. The highest BCUT2D eigenvalue weighted by Crippen LogP contribution is 2.35. The lowest BCUT2D eigenvalue weighted by atomic mass is 10.0. The summed E-state index contributed by atoms with van der Waals surface area (Å²) in [7, 11) is 3.06. The van der Waals surface area contributed by atoms with Crippen LogP contribution in [0.1, 0.15) is 22.3 Å². The van der Waals surface area contributed by atoms with Crippen molar-refractivity contribution < 1.29 is 28.5 Å². The molecular weight excluding hydrogens is 470 g/mol. The molecule has 0 unspecified atom stereocenters. The maximum Gasteiger partial charge on any atom is 0.298 e. The van der Waals surface area contributed by atoms with Gasteiger partial charge in [-0.05, 0) is 41.3 Å². The number of carbonyl (C=O) groups is 2. The average Bonchev–Trinajstić information content (AvgIpc) is 2.89. The molecular formula is C27H28ClNO6. The molecule has 0 aliphatic heterocycles. The van der Waals surface area contributed by atoms with Crippen LogP contribution in [0.25, 0.3) is 0 Å². The van der Waals surface area contributed by atoms with Gasteiger partial charge in [-0.1, -0.05) is 42.5 Å². The SMILES string of the molecule is COc1cc(CCNC(=O)Cc2ccc(OC=O)c(OC)c2CCl)ccc1OCc1ccccc1. The predicted octanol–water partition coefficient (Wildman–Crippen LogP) is 4.46. The van der Waals surface area contributed by atoms with E-state index in [0.29, 0.717) is 54.4 Å². The molecule has 0 atom stereocenters. The Morgan fingerprint density at radius 1 is 0.943 bits per heavy atom. The molecule has 0 heterocycles. The summed E-state index contributed by atoms with van der Waals surface area (Å²) in [6.45, 7) is 1.22. The topological polar surface area (TPSA) is 83.1 Å². The van der Waals surface area contributed by atoms with Gasteiger partial charge in [0.25, 0.3) is 6.47 Å². The molecule has 35 heavy (non-hydrogen) atoms. The smallest absolute Gasteiger partial charge is 0.298 e. The van der Waals surface area contributed by atoms with Crippen LogP contribution in [0.3, 0.4) is 0 Å². The summed E-state index contributed by atoms with van der Waals surface area (Å²) in [5.74, 6) is 1.86. The highest BCUT2D eigenvalue weighted by Gasteiger charge is 2.17. The Kier molecular flexibility index (Phi) is 9.80. The molecule has 0 spiro atoms. The van der Waals surface area contributed by atoms with Crippen LogP contribution >= 0.6 is 11.6 Å². The van der Waals surface area contributed by atoms with E-state index in [1.807, 2.05) is 48.5 Å². The van der Waals surface area contributed by atoms with Crippen LogP contribution in [0.2, 0.25) is 0 Å².